The second-order valence-electron chi connectivity index (χ2n) is 19.9. The van der Waals surface area contributed by atoms with Crippen LogP contribution in [-0.4, -0.2) is 11.8 Å². The SMILES string of the molecule is CC(C)(C)c1ccc(Nc2ccc(C(C)(C)C)cc2-c2c3c4c(c5cc(C(C)(C)C)ccc5n4-c4cc5sc6ccccc6c5cc4B3)c3c2oc2ccccc23)cc1. The van der Waals surface area contributed by atoms with Crippen LogP contribution < -0.4 is 16.2 Å². The molecular weight excluding hydrogens is 735 g/mol. The number of hydrogen-bond donors (Lipinski definition) is 1. The van der Waals surface area contributed by atoms with E-state index in [0.717, 1.165) is 40.8 Å². The van der Waals surface area contributed by atoms with E-state index >= 15 is 0 Å². The van der Waals surface area contributed by atoms with E-state index < -0.39 is 0 Å². The van der Waals surface area contributed by atoms with E-state index in [1.807, 2.05) is 11.3 Å². The molecule has 0 atom stereocenters. The van der Waals surface area contributed by atoms with Crippen LogP contribution in [0.25, 0.3) is 80.7 Å². The van der Waals surface area contributed by atoms with Gasteiger partial charge < -0.3 is 14.3 Å². The Morgan fingerprint density at radius 1 is 0.576 bits per heavy atom. The summed E-state index contributed by atoms with van der Waals surface area (Å²) >= 11 is 1.90. The molecule has 10 aromatic rings. The quantitative estimate of drug-likeness (QED) is 0.181. The van der Waals surface area contributed by atoms with E-state index in [1.54, 1.807) is 0 Å². The number of nitrogens with one attached hydrogen (secondary N) is 1. The summed E-state index contributed by atoms with van der Waals surface area (Å²) in [7, 11) is 0.788. The maximum atomic E-state index is 7.22. The van der Waals surface area contributed by atoms with Crippen molar-refractivity contribution in [3.63, 3.8) is 0 Å². The van der Waals surface area contributed by atoms with E-state index in [9.17, 15) is 0 Å². The van der Waals surface area contributed by atoms with E-state index in [2.05, 4.69) is 194 Å². The molecule has 0 fully saturated rings. The number of rotatable bonds is 3. The Morgan fingerprint density at radius 3 is 1.98 bits per heavy atom. The highest BCUT2D eigenvalue weighted by Crippen LogP contribution is 2.48. The average Bonchev–Trinajstić information content (AvgIpc) is 3.86. The number of aromatic nitrogens is 1. The second-order valence-corrected chi connectivity index (χ2v) is 21.0. The van der Waals surface area contributed by atoms with Crippen molar-refractivity contribution in [3.05, 3.63) is 138 Å². The monoisotopic (exact) mass is 784 g/mol. The van der Waals surface area contributed by atoms with Gasteiger partial charge in [0.2, 0.25) is 0 Å². The number of thiophene rings is 1. The van der Waals surface area contributed by atoms with Crippen molar-refractivity contribution in [2.75, 3.05) is 5.32 Å². The Kier molecular flexibility index (Phi) is 7.62. The molecule has 0 saturated heterocycles. The minimum atomic E-state index is -0.0631. The summed E-state index contributed by atoms with van der Waals surface area (Å²) < 4.78 is 12.5. The summed E-state index contributed by atoms with van der Waals surface area (Å²) in [6.07, 6.45) is 0. The zero-order valence-electron chi connectivity index (χ0n) is 35.5. The lowest BCUT2D eigenvalue weighted by Crippen LogP contribution is -2.37. The van der Waals surface area contributed by atoms with Gasteiger partial charge in [0.15, 0.2) is 7.28 Å². The molecule has 0 bridgehead atoms. The number of furan rings is 1. The summed E-state index contributed by atoms with van der Waals surface area (Å²) in [4.78, 5) is 0. The molecule has 0 spiro atoms. The van der Waals surface area contributed by atoms with Crippen molar-refractivity contribution in [2.24, 2.45) is 0 Å². The van der Waals surface area contributed by atoms with Crippen molar-refractivity contribution in [3.8, 4) is 16.8 Å². The fourth-order valence-corrected chi connectivity index (χ4v) is 10.7. The van der Waals surface area contributed by atoms with Crippen LogP contribution in [-0.2, 0) is 16.2 Å². The highest BCUT2D eigenvalue weighted by Gasteiger charge is 2.33. The lowest BCUT2D eigenvalue weighted by Gasteiger charge is -2.26. The van der Waals surface area contributed by atoms with Crippen LogP contribution in [0.4, 0.5) is 11.4 Å². The van der Waals surface area contributed by atoms with Crippen LogP contribution in [0.5, 0.6) is 0 Å². The molecule has 0 radical (unpaired) electrons. The molecule has 59 heavy (non-hydrogen) atoms. The molecule has 0 aliphatic carbocycles. The van der Waals surface area contributed by atoms with Gasteiger partial charge in [0, 0.05) is 64.5 Å². The molecule has 1 N–H and O–H groups in total. The first kappa shape index (κ1) is 36.3. The molecule has 4 heterocycles. The van der Waals surface area contributed by atoms with E-state index in [-0.39, 0.29) is 16.2 Å². The lowest BCUT2D eigenvalue weighted by molar-refractivity contribution is 0.590. The van der Waals surface area contributed by atoms with Crippen molar-refractivity contribution in [1.29, 1.82) is 0 Å². The number of anilines is 2. The summed E-state index contributed by atoms with van der Waals surface area (Å²) in [6.45, 7) is 20.7. The van der Waals surface area contributed by atoms with Crippen molar-refractivity contribution in [1.82, 2.24) is 4.57 Å². The molecule has 0 unspecified atom stereocenters. The normalized spacial score (nSPS) is 13.3. The van der Waals surface area contributed by atoms with Gasteiger partial charge in [-0.2, -0.15) is 0 Å². The third kappa shape index (κ3) is 5.54. The minimum Gasteiger partial charge on any atom is -0.455 e. The maximum absolute atomic E-state index is 7.22. The summed E-state index contributed by atoms with van der Waals surface area (Å²) in [5, 5.41) is 11.5. The van der Waals surface area contributed by atoms with Crippen LogP contribution in [0.15, 0.2) is 126 Å². The molecule has 3 aromatic heterocycles. The topological polar surface area (TPSA) is 30.1 Å². The maximum Gasteiger partial charge on any atom is 0.198 e. The van der Waals surface area contributed by atoms with Crippen molar-refractivity contribution >= 4 is 105 Å². The third-order valence-electron chi connectivity index (χ3n) is 12.9. The molecule has 0 amide bonds. The Morgan fingerprint density at radius 2 is 1.24 bits per heavy atom. The van der Waals surface area contributed by atoms with E-state index in [4.69, 9.17) is 4.42 Å². The van der Waals surface area contributed by atoms with Gasteiger partial charge in [-0.15, -0.1) is 11.3 Å². The highest BCUT2D eigenvalue weighted by atomic mass is 32.1. The number of nitrogens with zero attached hydrogens (tertiary/aromatic N) is 1. The van der Waals surface area contributed by atoms with Crippen LogP contribution in [0, 0.1) is 0 Å². The van der Waals surface area contributed by atoms with E-state index in [0.29, 0.717) is 0 Å². The van der Waals surface area contributed by atoms with Gasteiger partial charge in [-0.25, -0.2) is 0 Å². The van der Waals surface area contributed by atoms with Crippen molar-refractivity contribution in [2.45, 2.75) is 78.6 Å². The van der Waals surface area contributed by atoms with Gasteiger partial charge in [-0.1, -0.05) is 135 Å². The smallest absolute Gasteiger partial charge is 0.198 e. The average molecular weight is 785 g/mol. The number of hydrogen-bond acceptors (Lipinski definition) is 3. The number of fused-ring (bicyclic) bond motifs is 12. The fourth-order valence-electron chi connectivity index (χ4n) is 9.61. The molecular formula is C54H49BN2OS. The summed E-state index contributed by atoms with van der Waals surface area (Å²) in [5.74, 6) is 0. The molecule has 7 aromatic carbocycles. The second kappa shape index (κ2) is 12.4. The molecule has 1 aliphatic heterocycles. The van der Waals surface area contributed by atoms with Crippen LogP contribution in [0.3, 0.4) is 0 Å². The summed E-state index contributed by atoms with van der Waals surface area (Å²) in [6, 6.07) is 45.7. The zero-order chi connectivity index (χ0) is 40.7. The Balaban J connectivity index is 1.30. The highest BCUT2D eigenvalue weighted by molar-refractivity contribution is 7.25. The zero-order valence-corrected chi connectivity index (χ0v) is 36.3. The van der Waals surface area contributed by atoms with Crippen molar-refractivity contribution < 1.29 is 4.42 Å². The van der Waals surface area contributed by atoms with E-state index in [1.165, 1.54) is 86.2 Å². The minimum absolute atomic E-state index is 0.0106. The molecule has 1 aliphatic rings. The van der Waals surface area contributed by atoms with Gasteiger partial charge in [0.1, 0.15) is 11.2 Å². The Hall–Kier alpha value is -5.78. The summed E-state index contributed by atoms with van der Waals surface area (Å²) in [5.41, 5.74) is 16.7. The Bertz CT molecular complexity index is 3370. The lowest BCUT2D eigenvalue weighted by atomic mass is 9.58. The molecule has 11 rings (SSSR count). The molecule has 5 heteroatoms. The van der Waals surface area contributed by atoms with Crippen LogP contribution in [0.2, 0.25) is 0 Å². The third-order valence-corrected chi connectivity index (χ3v) is 14.0. The fraction of sp³-hybridized carbons (Fsp3) is 0.222. The van der Waals surface area contributed by atoms with Crippen LogP contribution in [0.1, 0.15) is 79.0 Å². The van der Waals surface area contributed by atoms with Crippen LogP contribution >= 0.6 is 11.3 Å². The largest absolute Gasteiger partial charge is 0.455 e. The predicted molar refractivity (Wildman–Crippen MR) is 259 cm³/mol. The standard InChI is InChI=1S/C54H49BN2OS/c1-52(2,3)30-18-22-33(23-19-30)56-40-24-20-31(53(4,5)6)26-37(40)48-49-50-46(47-35-15-10-12-16-43(35)58-51(47)48)38-27-32(54(7,8)9)21-25-41(38)57(50)42-29-45-36(28-39(42)55-49)34-14-11-13-17-44(34)59-45/h10-29,55-56H,1-9H3. The van der Waals surface area contributed by atoms with Gasteiger partial charge in [0.25, 0.3) is 0 Å². The van der Waals surface area contributed by atoms with Gasteiger partial charge in [-0.3, -0.25) is 0 Å². The first-order valence-electron chi connectivity index (χ1n) is 21.1. The van der Waals surface area contributed by atoms with Gasteiger partial charge >= 0.3 is 0 Å². The number of benzene rings is 7. The molecule has 3 nitrogen and oxygen atoms in total. The Labute approximate surface area is 350 Å². The molecule has 290 valence electrons. The number of para-hydroxylation sites is 1. The molecule has 0 saturated carbocycles. The van der Waals surface area contributed by atoms with Gasteiger partial charge in [0.05, 0.1) is 11.0 Å². The first-order chi connectivity index (χ1) is 28.1. The first-order valence-corrected chi connectivity index (χ1v) is 21.9. The van der Waals surface area contributed by atoms with Gasteiger partial charge in [-0.05, 0) is 98.4 Å². The predicted octanol–water partition coefficient (Wildman–Crippen LogP) is 14.1.